The first-order valence-corrected chi connectivity index (χ1v) is 2.45. The minimum Gasteiger partial charge on any atom is -0.290 e. The third-order valence-electron chi connectivity index (χ3n) is 0.820. The molecule has 0 aromatic heterocycles. The minimum absolute atomic E-state index is 0.450. The monoisotopic (exact) mass is 109 g/mol. The van der Waals surface area contributed by atoms with Gasteiger partial charge in [-0.05, 0) is 0 Å². The van der Waals surface area contributed by atoms with E-state index >= 15 is 0 Å². The van der Waals surface area contributed by atoms with Crippen molar-refractivity contribution < 1.29 is 4.79 Å². The third-order valence-corrected chi connectivity index (χ3v) is 0.820. The van der Waals surface area contributed by atoms with Crippen molar-refractivity contribution in [3.63, 3.8) is 0 Å². The molecule has 0 amide bonds. The molecule has 0 fully saturated rings. The molecular weight excluding hydrogens is 100 g/mol. The highest BCUT2D eigenvalue weighted by atomic mass is 16.1. The Bertz CT molecular complexity index is 117. The Kier molecular flexibility index (Phi) is 2.27. The maximum absolute atomic E-state index is 10.00. The van der Waals surface area contributed by atoms with Crippen LogP contribution in [-0.4, -0.2) is 6.29 Å². The van der Waals surface area contributed by atoms with Gasteiger partial charge in [-0.3, -0.25) is 4.79 Å². The van der Waals surface area contributed by atoms with E-state index in [1.54, 1.807) is 13.8 Å². The lowest BCUT2D eigenvalue weighted by molar-refractivity contribution is 0.459. The van der Waals surface area contributed by atoms with E-state index in [4.69, 9.17) is 6.42 Å². The van der Waals surface area contributed by atoms with Gasteiger partial charge in [0.25, 0.3) is 0 Å². The van der Waals surface area contributed by atoms with Gasteiger partial charge in [0.2, 0.25) is 6.29 Å². The van der Waals surface area contributed by atoms with Crippen molar-refractivity contribution in [1.82, 2.24) is 0 Å². The SMILES string of the molecule is C#CCC(C)(C)[C]=O. The van der Waals surface area contributed by atoms with Crippen LogP contribution in [-0.2, 0) is 4.79 Å². The zero-order valence-corrected chi connectivity index (χ0v) is 5.19. The Morgan fingerprint density at radius 2 is 2.12 bits per heavy atom. The number of rotatable bonds is 2. The molecule has 0 saturated carbocycles. The molecule has 1 heteroatoms. The van der Waals surface area contributed by atoms with Crippen LogP contribution >= 0.6 is 0 Å². The molecular formula is C7H9O. The predicted molar refractivity (Wildman–Crippen MR) is 32.9 cm³/mol. The average molecular weight is 109 g/mol. The minimum atomic E-state index is -0.450. The third kappa shape index (κ3) is 2.41. The molecule has 0 bridgehead atoms. The van der Waals surface area contributed by atoms with Crippen molar-refractivity contribution in [2.24, 2.45) is 5.41 Å². The van der Waals surface area contributed by atoms with Crippen LogP contribution in [0.15, 0.2) is 0 Å². The van der Waals surface area contributed by atoms with E-state index in [9.17, 15) is 4.79 Å². The van der Waals surface area contributed by atoms with Crippen molar-refractivity contribution in [2.75, 3.05) is 0 Å². The topological polar surface area (TPSA) is 17.1 Å². The number of hydrogen-bond acceptors (Lipinski definition) is 1. The van der Waals surface area contributed by atoms with Crippen LogP contribution in [0.3, 0.4) is 0 Å². The number of terminal acetylenes is 1. The highest BCUT2D eigenvalue weighted by Gasteiger charge is 2.14. The molecule has 1 radical (unpaired) electrons. The normalized spacial score (nSPS) is 10.1. The van der Waals surface area contributed by atoms with E-state index in [0.29, 0.717) is 6.42 Å². The van der Waals surface area contributed by atoms with E-state index < -0.39 is 5.41 Å². The largest absolute Gasteiger partial charge is 0.290 e. The summed E-state index contributed by atoms with van der Waals surface area (Å²) in [6.45, 7) is 3.53. The number of carbonyl (C=O) groups excluding carboxylic acids is 1. The van der Waals surface area contributed by atoms with Crippen molar-refractivity contribution in [2.45, 2.75) is 20.3 Å². The Balaban J connectivity index is 3.76. The second kappa shape index (κ2) is 2.52. The summed E-state index contributed by atoms with van der Waals surface area (Å²) in [6, 6.07) is 0. The highest BCUT2D eigenvalue weighted by Crippen LogP contribution is 2.14. The molecule has 0 atom stereocenters. The van der Waals surface area contributed by atoms with Crippen LogP contribution in [0.2, 0.25) is 0 Å². The molecule has 1 nitrogen and oxygen atoms in total. The average Bonchev–Trinajstić information content (AvgIpc) is 1.67. The Hall–Kier alpha value is -0.770. The van der Waals surface area contributed by atoms with Gasteiger partial charge in [-0.2, -0.15) is 0 Å². The molecule has 0 spiro atoms. The van der Waals surface area contributed by atoms with Crippen molar-refractivity contribution in [3.05, 3.63) is 0 Å². The first-order valence-electron chi connectivity index (χ1n) is 2.45. The molecule has 43 valence electrons. The maximum atomic E-state index is 10.00. The molecule has 0 aliphatic heterocycles. The van der Waals surface area contributed by atoms with E-state index in [1.807, 2.05) is 6.29 Å². The van der Waals surface area contributed by atoms with Gasteiger partial charge in [0.05, 0.1) is 0 Å². The summed E-state index contributed by atoms with van der Waals surface area (Å²) in [5.41, 5.74) is -0.450. The van der Waals surface area contributed by atoms with Gasteiger partial charge in [0.15, 0.2) is 0 Å². The van der Waals surface area contributed by atoms with Gasteiger partial charge in [0, 0.05) is 11.8 Å². The van der Waals surface area contributed by atoms with Crippen molar-refractivity contribution >= 4 is 6.29 Å². The molecule has 0 N–H and O–H groups in total. The maximum Gasteiger partial charge on any atom is 0.205 e. The summed E-state index contributed by atoms with van der Waals surface area (Å²) in [7, 11) is 0. The van der Waals surface area contributed by atoms with E-state index in [-0.39, 0.29) is 0 Å². The smallest absolute Gasteiger partial charge is 0.205 e. The lowest BCUT2D eigenvalue weighted by Crippen LogP contribution is -2.10. The van der Waals surface area contributed by atoms with Crippen LogP contribution in [0, 0.1) is 17.8 Å². The van der Waals surface area contributed by atoms with E-state index in [1.165, 1.54) is 0 Å². The van der Waals surface area contributed by atoms with Crippen LogP contribution < -0.4 is 0 Å². The first kappa shape index (κ1) is 7.23. The molecule has 0 heterocycles. The Morgan fingerprint density at radius 1 is 1.62 bits per heavy atom. The van der Waals surface area contributed by atoms with Gasteiger partial charge in [-0.25, -0.2) is 0 Å². The zero-order chi connectivity index (χ0) is 6.62. The van der Waals surface area contributed by atoms with E-state index in [2.05, 4.69) is 5.92 Å². The van der Waals surface area contributed by atoms with Crippen LogP contribution in [0.5, 0.6) is 0 Å². The molecule has 0 aromatic carbocycles. The summed E-state index contributed by atoms with van der Waals surface area (Å²) in [5, 5.41) is 0. The van der Waals surface area contributed by atoms with Gasteiger partial charge in [-0.1, -0.05) is 13.8 Å². The fourth-order valence-electron chi connectivity index (χ4n) is 0.291. The van der Waals surface area contributed by atoms with Gasteiger partial charge >= 0.3 is 0 Å². The first-order chi connectivity index (χ1) is 3.62. The van der Waals surface area contributed by atoms with Crippen LogP contribution in [0.1, 0.15) is 20.3 Å². The van der Waals surface area contributed by atoms with Crippen molar-refractivity contribution in [3.8, 4) is 12.3 Å². The fraction of sp³-hybridized carbons (Fsp3) is 0.571. The molecule has 8 heavy (non-hydrogen) atoms. The summed E-state index contributed by atoms with van der Waals surface area (Å²) in [4.78, 5) is 10.00. The van der Waals surface area contributed by atoms with Crippen LogP contribution in [0.4, 0.5) is 0 Å². The summed E-state index contributed by atoms with van der Waals surface area (Å²) >= 11 is 0. The molecule has 0 aliphatic carbocycles. The molecule has 0 saturated heterocycles. The zero-order valence-electron chi connectivity index (χ0n) is 5.19. The summed E-state index contributed by atoms with van der Waals surface area (Å²) < 4.78 is 0. The van der Waals surface area contributed by atoms with Crippen LogP contribution in [0.25, 0.3) is 0 Å². The molecule has 0 aliphatic rings. The molecule has 0 rings (SSSR count). The van der Waals surface area contributed by atoms with Gasteiger partial charge < -0.3 is 0 Å². The standard InChI is InChI=1S/C7H9O/c1-4-5-7(2,3)6-8/h1H,5H2,2-3H3. The Labute approximate surface area is 50.1 Å². The Morgan fingerprint density at radius 3 is 2.25 bits per heavy atom. The fourth-order valence-corrected chi connectivity index (χ4v) is 0.291. The number of hydrogen-bond donors (Lipinski definition) is 0. The lowest BCUT2D eigenvalue weighted by Gasteiger charge is -2.08. The lowest BCUT2D eigenvalue weighted by atomic mass is 9.92. The van der Waals surface area contributed by atoms with E-state index in [0.717, 1.165) is 0 Å². The quantitative estimate of drug-likeness (QED) is 0.486. The van der Waals surface area contributed by atoms with Gasteiger partial charge in [0.1, 0.15) is 0 Å². The highest BCUT2D eigenvalue weighted by molar-refractivity contribution is 5.59. The second-order valence-corrected chi connectivity index (χ2v) is 2.37. The van der Waals surface area contributed by atoms with Crippen molar-refractivity contribution in [1.29, 1.82) is 0 Å². The summed E-state index contributed by atoms with van der Waals surface area (Å²) in [6.07, 6.45) is 7.28. The van der Waals surface area contributed by atoms with Gasteiger partial charge in [-0.15, -0.1) is 12.3 Å². The molecule has 0 aromatic rings. The summed E-state index contributed by atoms with van der Waals surface area (Å²) in [5.74, 6) is 2.40. The second-order valence-electron chi connectivity index (χ2n) is 2.37. The molecule has 0 unspecified atom stereocenters. The predicted octanol–water partition coefficient (Wildman–Crippen LogP) is 1.15.